The minimum Gasteiger partial charge on any atom is -0.326 e. The summed E-state index contributed by atoms with van der Waals surface area (Å²) in [5.74, 6) is 7.20. The number of hydrogen-bond acceptors (Lipinski definition) is 3. The first-order valence-electron chi connectivity index (χ1n) is 6.49. The number of hydrogen-bond donors (Lipinski definition) is 0. The van der Waals surface area contributed by atoms with Crippen molar-refractivity contribution in [3.8, 4) is 11.8 Å². The van der Waals surface area contributed by atoms with Crippen LogP contribution in [0.15, 0.2) is 29.0 Å². The fourth-order valence-electron chi connectivity index (χ4n) is 2.16. The van der Waals surface area contributed by atoms with Gasteiger partial charge in [0.05, 0.1) is 5.52 Å². The first-order valence-corrected chi connectivity index (χ1v) is 7.29. The highest BCUT2D eigenvalue weighted by Gasteiger charge is 2.05. The minimum absolute atomic E-state index is 0.522. The summed E-state index contributed by atoms with van der Waals surface area (Å²) < 4.78 is 2.62. The van der Waals surface area contributed by atoms with E-state index in [1.807, 2.05) is 49.9 Å². The Balaban J connectivity index is 2.10. The average Bonchev–Trinajstić information content (AvgIpc) is 2.76. The summed E-state index contributed by atoms with van der Waals surface area (Å²) in [5.41, 5.74) is 3.02. The van der Waals surface area contributed by atoms with Crippen LogP contribution in [0.5, 0.6) is 0 Å². The molecule has 0 saturated heterocycles. The molecule has 1 aromatic carbocycles. The molecule has 4 nitrogen and oxygen atoms in total. The molecular formula is C16H13BrN4. The number of imidazole rings is 1. The molecule has 104 valence electrons. The number of fused-ring (bicyclic) bond motifs is 1. The van der Waals surface area contributed by atoms with Crippen LogP contribution in [0.4, 0.5) is 0 Å². The molecule has 5 heteroatoms. The van der Waals surface area contributed by atoms with Crippen molar-refractivity contribution >= 4 is 26.8 Å². The van der Waals surface area contributed by atoms with Gasteiger partial charge in [0.25, 0.3) is 0 Å². The molecule has 3 aromatic rings. The lowest BCUT2D eigenvalue weighted by atomic mass is 10.1. The van der Waals surface area contributed by atoms with Crippen LogP contribution in [0, 0.1) is 25.7 Å². The zero-order valence-electron chi connectivity index (χ0n) is 12.0. The van der Waals surface area contributed by atoms with Crippen molar-refractivity contribution < 1.29 is 0 Å². The molecule has 0 aliphatic rings. The largest absolute Gasteiger partial charge is 0.326 e. The molecule has 0 radical (unpaired) electrons. The maximum absolute atomic E-state index is 4.55. The van der Waals surface area contributed by atoms with E-state index in [-0.39, 0.29) is 0 Å². The summed E-state index contributed by atoms with van der Waals surface area (Å²) in [4.78, 5) is 13.3. The van der Waals surface area contributed by atoms with Crippen molar-refractivity contribution in [1.29, 1.82) is 0 Å². The van der Waals surface area contributed by atoms with E-state index < -0.39 is 0 Å². The molecule has 2 heterocycles. The van der Waals surface area contributed by atoms with Crippen molar-refractivity contribution in [3.05, 3.63) is 51.9 Å². The van der Waals surface area contributed by atoms with E-state index in [1.165, 1.54) is 0 Å². The van der Waals surface area contributed by atoms with Gasteiger partial charge in [-0.25, -0.2) is 15.0 Å². The van der Waals surface area contributed by atoms with E-state index in [4.69, 9.17) is 0 Å². The predicted molar refractivity (Wildman–Crippen MR) is 85.9 cm³/mol. The number of para-hydroxylation sites is 1. The van der Waals surface area contributed by atoms with Gasteiger partial charge in [-0.05, 0) is 47.2 Å². The molecule has 0 fully saturated rings. The molecule has 0 bridgehead atoms. The first kappa shape index (κ1) is 13.8. The van der Waals surface area contributed by atoms with Gasteiger partial charge in [0.15, 0.2) is 5.82 Å². The fraction of sp³-hybridized carbons (Fsp3) is 0.188. The van der Waals surface area contributed by atoms with Crippen molar-refractivity contribution in [3.63, 3.8) is 0 Å². The van der Waals surface area contributed by atoms with Gasteiger partial charge in [0.2, 0.25) is 5.82 Å². The summed E-state index contributed by atoms with van der Waals surface area (Å²) in [5, 5.41) is 1.07. The van der Waals surface area contributed by atoms with Gasteiger partial charge in [0, 0.05) is 24.3 Å². The van der Waals surface area contributed by atoms with Gasteiger partial charge in [-0.2, -0.15) is 0 Å². The number of aryl methyl sites for hydroxylation is 3. The third-order valence-electron chi connectivity index (χ3n) is 3.25. The summed E-state index contributed by atoms with van der Waals surface area (Å²) in [6.45, 7) is 4.02. The van der Waals surface area contributed by atoms with Crippen LogP contribution in [-0.2, 0) is 7.05 Å². The number of rotatable bonds is 0. The highest BCUT2D eigenvalue weighted by Crippen LogP contribution is 2.18. The maximum Gasteiger partial charge on any atom is 0.206 e. The Morgan fingerprint density at radius 3 is 2.62 bits per heavy atom. The van der Waals surface area contributed by atoms with Crippen LogP contribution in [-0.4, -0.2) is 19.5 Å². The number of halogens is 1. The highest BCUT2D eigenvalue weighted by molar-refractivity contribution is 9.10. The molecule has 2 aromatic heterocycles. The number of nitrogens with zero attached hydrogens (tertiary/aromatic N) is 4. The van der Waals surface area contributed by atoms with Crippen LogP contribution in [0.2, 0.25) is 0 Å². The lowest BCUT2D eigenvalue weighted by molar-refractivity contribution is 0.893. The van der Waals surface area contributed by atoms with Crippen molar-refractivity contribution in [2.45, 2.75) is 13.8 Å². The Bertz CT molecular complexity index is 900. The smallest absolute Gasteiger partial charge is 0.206 e. The normalized spacial score (nSPS) is 10.5. The Kier molecular flexibility index (Phi) is 3.48. The minimum atomic E-state index is 0.522. The Labute approximate surface area is 131 Å². The average molecular weight is 341 g/mol. The van der Waals surface area contributed by atoms with Gasteiger partial charge in [-0.1, -0.05) is 18.2 Å². The first-order chi connectivity index (χ1) is 10.0. The standard InChI is InChI=1S/C16H13BrN4/c1-10-5-4-6-12-11(2)18-14(20-16(10)12)7-8-15-19-13(17)9-21(15)3/h4-6,9H,1-3H3. The van der Waals surface area contributed by atoms with E-state index in [0.717, 1.165) is 26.8 Å². The topological polar surface area (TPSA) is 43.6 Å². The Morgan fingerprint density at radius 2 is 1.90 bits per heavy atom. The third kappa shape index (κ3) is 2.67. The zero-order valence-corrected chi connectivity index (χ0v) is 13.6. The quantitative estimate of drug-likeness (QED) is 0.590. The molecule has 3 rings (SSSR count). The van der Waals surface area contributed by atoms with Crippen LogP contribution in [0.3, 0.4) is 0 Å². The van der Waals surface area contributed by atoms with E-state index in [1.54, 1.807) is 0 Å². The molecule has 0 saturated carbocycles. The van der Waals surface area contributed by atoms with Gasteiger partial charge in [-0.3, -0.25) is 0 Å². The predicted octanol–water partition coefficient (Wildman–Crippen LogP) is 3.14. The van der Waals surface area contributed by atoms with Gasteiger partial charge in [0.1, 0.15) is 4.60 Å². The van der Waals surface area contributed by atoms with Crippen molar-refractivity contribution in [2.24, 2.45) is 7.05 Å². The Hall–Kier alpha value is -2.19. The molecule has 0 N–H and O–H groups in total. The van der Waals surface area contributed by atoms with Crippen molar-refractivity contribution in [2.75, 3.05) is 0 Å². The maximum atomic E-state index is 4.55. The summed E-state index contributed by atoms with van der Waals surface area (Å²) in [6.07, 6.45) is 1.86. The molecule has 0 atom stereocenters. The molecule has 0 spiro atoms. The third-order valence-corrected chi connectivity index (χ3v) is 3.63. The molecule has 0 amide bonds. The van der Waals surface area contributed by atoms with E-state index in [9.17, 15) is 0 Å². The monoisotopic (exact) mass is 340 g/mol. The Morgan fingerprint density at radius 1 is 1.10 bits per heavy atom. The van der Waals surface area contributed by atoms with Crippen LogP contribution < -0.4 is 0 Å². The van der Waals surface area contributed by atoms with Crippen molar-refractivity contribution in [1.82, 2.24) is 19.5 Å². The second-order valence-electron chi connectivity index (χ2n) is 4.85. The van der Waals surface area contributed by atoms with Crippen LogP contribution >= 0.6 is 15.9 Å². The van der Waals surface area contributed by atoms with Crippen LogP contribution in [0.1, 0.15) is 22.9 Å². The summed E-state index contributed by atoms with van der Waals surface area (Å²) in [6, 6.07) is 6.09. The fourth-order valence-corrected chi connectivity index (χ4v) is 2.64. The summed E-state index contributed by atoms with van der Waals surface area (Å²) >= 11 is 3.33. The highest BCUT2D eigenvalue weighted by atomic mass is 79.9. The SMILES string of the molecule is Cc1nc(C#Cc2nc(Br)cn2C)nc2c(C)cccc12. The molecular weight excluding hydrogens is 328 g/mol. The van der Waals surface area contributed by atoms with E-state index >= 15 is 0 Å². The summed E-state index contributed by atoms with van der Waals surface area (Å²) in [7, 11) is 1.90. The van der Waals surface area contributed by atoms with Gasteiger partial charge >= 0.3 is 0 Å². The second-order valence-corrected chi connectivity index (χ2v) is 5.66. The van der Waals surface area contributed by atoms with Crippen LogP contribution in [0.25, 0.3) is 10.9 Å². The lowest BCUT2D eigenvalue weighted by Crippen LogP contribution is -1.97. The number of aromatic nitrogens is 4. The zero-order chi connectivity index (χ0) is 15.0. The lowest BCUT2D eigenvalue weighted by Gasteiger charge is -2.04. The van der Waals surface area contributed by atoms with Gasteiger partial charge < -0.3 is 4.57 Å². The van der Waals surface area contributed by atoms with Gasteiger partial charge in [-0.15, -0.1) is 0 Å². The molecule has 0 aliphatic heterocycles. The van der Waals surface area contributed by atoms with E-state index in [2.05, 4.69) is 42.7 Å². The van der Waals surface area contributed by atoms with E-state index in [0.29, 0.717) is 11.6 Å². The molecule has 0 aliphatic carbocycles. The number of benzene rings is 1. The second kappa shape index (κ2) is 5.30. The molecule has 0 unspecified atom stereocenters. The molecule has 21 heavy (non-hydrogen) atoms.